The van der Waals surface area contributed by atoms with Gasteiger partial charge in [0.1, 0.15) is 5.82 Å². The van der Waals surface area contributed by atoms with Gasteiger partial charge in [0.15, 0.2) is 0 Å². The number of benzene rings is 2. The van der Waals surface area contributed by atoms with Gasteiger partial charge in [0, 0.05) is 24.6 Å². The smallest absolute Gasteiger partial charge is 0.257 e. The molecule has 0 bridgehead atoms. The Morgan fingerprint density at radius 3 is 2.33 bits per heavy atom. The molecule has 0 radical (unpaired) electrons. The first-order valence-corrected chi connectivity index (χ1v) is 8.75. The van der Waals surface area contributed by atoms with E-state index in [4.69, 9.17) is 0 Å². The first kappa shape index (κ1) is 18.6. The van der Waals surface area contributed by atoms with Crippen LogP contribution in [0.3, 0.4) is 0 Å². The Hall–Kier alpha value is -3.21. The lowest BCUT2D eigenvalue weighted by Gasteiger charge is -2.13. The van der Waals surface area contributed by atoms with E-state index >= 15 is 0 Å². The molecule has 4 nitrogen and oxygen atoms in total. The van der Waals surface area contributed by atoms with Crippen LogP contribution in [0.1, 0.15) is 32.6 Å². The number of rotatable bonds is 5. The number of carbonyl (C=O) groups is 1. The van der Waals surface area contributed by atoms with Gasteiger partial charge < -0.3 is 10.6 Å². The van der Waals surface area contributed by atoms with Crippen molar-refractivity contribution in [2.45, 2.75) is 27.3 Å². The zero-order valence-electron chi connectivity index (χ0n) is 15.6. The van der Waals surface area contributed by atoms with Crippen LogP contribution in [0.4, 0.5) is 15.8 Å². The summed E-state index contributed by atoms with van der Waals surface area (Å²) in [6, 6.07) is 12.1. The minimum Gasteiger partial charge on any atom is -0.380 e. The quantitative estimate of drug-likeness (QED) is 0.670. The molecule has 138 valence electrons. The summed E-state index contributed by atoms with van der Waals surface area (Å²) in [5, 5.41) is 6.19. The van der Waals surface area contributed by atoms with Gasteiger partial charge in [0.25, 0.3) is 5.91 Å². The van der Waals surface area contributed by atoms with E-state index in [1.54, 1.807) is 24.4 Å². The van der Waals surface area contributed by atoms with Gasteiger partial charge in [-0.05, 0) is 55.7 Å². The molecule has 1 heterocycles. The predicted molar refractivity (Wildman–Crippen MR) is 107 cm³/mol. The van der Waals surface area contributed by atoms with Crippen molar-refractivity contribution in [2.24, 2.45) is 0 Å². The van der Waals surface area contributed by atoms with Crippen molar-refractivity contribution in [3.63, 3.8) is 0 Å². The summed E-state index contributed by atoms with van der Waals surface area (Å²) < 4.78 is 13.0. The van der Waals surface area contributed by atoms with Crippen molar-refractivity contribution >= 4 is 17.3 Å². The molecule has 0 aliphatic carbocycles. The second kappa shape index (κ2) is 7.99. The highest BCUT2D eigenvalue weighted by atomic mass is 19.1. The maximum absolute atomic E-state index is 13.0. The van der Waals surface area contributed by atoms with Crippen molar-refractivity contribution < 1.29 is 9.18 Å². The molecule has 27 heavy (non-hydrogen) atoms. The minimum atomic E-state index is -0.263. The fourth-order valence-corrected chi connectivity index (χ4v) is 3.03. The largest absolute Gasteiger partial charge is 0.380 e. The average Bonchev–Trinajstić information content (AvgIpc) is 2.64. The van der Waals surface area contributed by atoms with Crippen LogP contribution in [-0.4, -0.2) is 10.9 Å². The normalized spacial score (nSPS) is 10.5. The molecule has 0 saturated carbocycles. The van der Waals surface area contributed by atoms with Gasteiger partial charge in [-0.25, -0.2) is 4.39 Å². The Kier molecular flexibility index (Phi) is 5.50. The number of amides is 1. The van der Waals surface area contributed by atoms with E-state index in [0.717, 1.165) is 33.6 Å². The number of halogens is 1. The summed E-state index contributed by atoms with van der Waals surface area (Å²) in [5.41, 5.74) is 6.19. The Labute approximate surface area is 158 Å². The molecular weight excluding hydrogens is 341 g/mol. The summed E-state index contributed by atoms with van der Waals surface area (Å²) in [6.45, 7) is 6.51. The maximum Gasteiger partial charge on any atom is 0.257 e. The number of carbonyl (C=O) groups excluding carboxylic acids is 1. The van der Waals surface area contributed by atoms with Crippen molar-refractivity contribution in [3.8, 4) is 0 Å². The summed E-state index contributed by atoms with van der Waals surface area (Å²) in [4.78, 5) is 16.8. The average molecular weight is 363 g/mol. The van der Waals surface area contributed by atoms with E-state index in [0.29, 0.717) is 12.1 Å². The summed E-state index contributed by atoms with van der Waals surface area (Å²) >= 11 is 0. The van der Waals surface area contributed by atoms with Crippen LogP contribution in [0, 0.1) is 26.6 Å². The summed E-state index contributed by atoms with van der Waals surface area (Å²) in [7, 11) is 0. The topological polar surface area (TPSA) is 54.0 Å². The van der Waals surface area contributed by atoms with Crippen molar-refractivity contribution in [2.75, 3.05) is 10.6 Å². The van der Waals surface area contributed by atoms with Crippen LogP contribution in [0.2, 0.25) is 0 Å². The summed E-state index contributed by atoms with van der Waals surface area (Å²) in [6.07, 6.45) is 3.19. The summed E-state index contributed by atoms with van der Waals surface area (Å²) in [5.74, 6) is -0.469. The van der Waals surface area contributed by atoms with Crippen LogP contribution >= 0.6 is 0 Å². The Morgan fingerprint density at radius 1 is 1.00 bits per heavy atom. The number of anilines is 2. The molecule has 0 saturated heterocycles. The van der Waals surface area contributed by atoms with Gasteiger partial charge in [-0.1, -0.05) is 29.8 Å². The Bertz CT molecular complexity index is 945. The van der Waals surface area contributed by atoms with E-state index in [-0.39, 0.29) is 11.7 Å². The van der Waals surface area contributed by atoms with E-state index in [2.05, 4.69) is 15.6 Å². The molecule has 0 aliphatic heterocycles. The molecule has 0 fully saturated rings. The fourth-order valence-electron chi connectivity index (χ4n) is 3.03. The lowest BCUT2D eigenvalue weighted by atomic mass is 10.0. The molecule has 0 atom stereocenters. The minimum absolute atomic E-state index is 0.206. The predicted octanol–water partition coefficient (Wildman–Crippen LogP) is 5.01. The third kappa shape index (κ3) is 4.70. The molecule has 0 spiro atoms. The number of pyridine rings is 1. The van der Waals surface area contributed by atoms with E-state index < -0.39 is 0 Å². The first-order valence-electron chi connectivity index (χ1n) is 8.75. The van der Waals surface area contributed by atoms with Gasteiger partial charge in [0.05, 0.1) is 11.3 Å². The SMILES string of the molecule is Cc1cc(C)c(NC(=O)c2cncc(NCc3ccc(F)cc3)c2)c(C)c1. The molecule has 3 aromatic rings. The van der Waals surface area contributed by atoms with Crippen LogP contribution in [0.5, 0.6) is 0 Å². The Morgan fingerprint density at radius 2 is 1.67 bits per heavy atom. The molecule has 2 N–H and O–H groups in total. The van der Waals surface area contributed by atoms with Gasteiger partial charge in [-0.15, -0.1) is 0 Å². The van der Waals surface area contributed by atoms with E-state index in [1.807, 2.05) is 32.9 Å². The van der Waals surface area contributed by atoms with Crippen LogP contribution in [0.15, 0.2) is 54.9 Å². The van der Waals surface area contributed by atoms with E-state index in [9.17, 15) is 9.18 Å². The first-order chi connectivity index (χ1) is 12.9. The van der Waals surface area contributed by atoms with Crippen LogP contribution in [-0.2, 0) is 6.54 Å². The molecular formula is C22H22FN3O. The number of nitrogens with zero attached hydrogens (tertiary/aromatic N) is 1. The highest BCUT2D eigenvalue weighted by Crippen LogP contribution is 2.23. The zero-order chi connectivity index (χ0) is 19.4. The number of hydrogen-bond donors (Lipinski definition) is 2. The third-order valence-corrected chi connectivity index (χ3v) is 4.33. The standard InChI is InChI=1S/C22H22FN3O/c1-14-8-15(2)21(16(3)9-14)26-22(27)18-10-20(13-24-12-18)25-11-17-4-6-19(23)7-5-17/h4-10,12-13,25H,11H2,1-3H3,(H,26,27). The van der Waals surface area contributed by atoms with Gasteiger partial charge in [0.2, 0.25) is 0 Å². The van der Waals surface area contributed by atoms with Gasteiger partial charge in [-0.2, -0.15) is 0 Å². The third-order valence-electron chi connectivity index (χ3n) is 4.33. The molecule has 5 heteroatoms. The maximum atomic E-state index is 13.0. The van der Waals surface area contributed by atoms with Gasteiger partial charge >= 0.3 is 0 Å². The molecule has 1 aromatic heterocycles. The molecule has 1 amide bonds. The molecule has 0 aliphatic rings. The molecule has 3 rings (SSSR count). The van der Waals surface area contributed by atoms with Crippen LogP contribution < -0.4 is 10.6 Å². The van der Waals surface area contributed by atoms with E-state index in [1.165, 1.54) is 18.3 Å². The van der Waals surface area contributed by atoms with Crippen molar-refractivity contribution in [1.82, 2.24) is 4.98 Å². The highest BCUT2D eigenvalue weighted by Gasteiger charge is 2.11. The van der Waals surface area contributed by atoms with Crippen molar-refractivity contribution in [3.05, 3.63) is 88.5 Å². The monoisotopic (exact) mass is 363 g/mol. The molecule has 2 aromatic carbocycles. The molecule has 0 unspecified atom stereocenters. The van der Waals surface area contributed by atoms with Crippen molar-refractivity contribution in [1.29, 1.82) is 0 Å². The fraction of sp³-hybridized carbons (Fsp3) is 0.182. The lowest BCUT2D eigenvalue weighted by molar-refractivity contribution is 0.102. The highest BCUT2D eigenvalue weighted by molar-refractivity contribution is 6.05. The second-order valence-corrected chi connectivity index (χ2v) is 6.67. The zero-order valence-corrected chi connectivity index (χ0v) is 15.6. The Balaban J connectivity index is 1.71. The number of aryl methyl sites for hydroxylation is 3. The van der Waals surface area contributed by atoms with Crippen LogP contribution in [0.25, 0.3) is 0 Å². The number of nitrogens with one attached hydrogen (secondary N) is 2. The second-order valence-electron chi connectivity index (χ2n) is 6.67. The lowest BCUT2D eigenvalue weighted by Crippen LogP contribution is -2.14. The number of hydrogen-bond acceptors (Lipinski definition) is 3. The van der Waals surface area contributed by atoms with Gasteiger partial charge in [-0.3, -0.25) is 9.78 Å². The number of aromatic nitrogens is 1.